The van der Waals surface area contributed by atoms with E-state index in [0.717, 1.165) is 11.4 Å². The van der Waals surface area contributed by atoms with Gasteiger partial charge in [-0.3, -0.25) is 9.80 Å². The predicted octanol–water partition coefficient (Wildman–Crippen LogP) is 2.05. The van der Waals surface area contributed by atoms with E-state index in [-0.39, 0.29) is 18.3 Å². The van der Waals surface area contributed by atoms with E-state index >= 15 is 0 Å². The van der Waals surface area contributed by atoms with Gasteiger partial charge in [-0.15, -0.1) is 0 Å². The number of aromatic hydroxyl groups is 1. The maximum Gasteiger partial charge on any atom is 0.252 e. The number of rotatable bonds is 5. The van der Waals surface area contributed by atoms with E-state index in [4.69, 9.17) is 0 Å². The third-order valence-electron chi connectivity index (χ3n) is 4.58. The van der Waals surface area contributed by atoms with Crippen molar-refractivity contribution in [3.63, 3.8) is 0 Å². The van der Waals surface area contributed by atoms with Crippen LogP contribution >= 0.6 is 0 Å². The predicted molar refractivity (Wildman–Crippen MR) is 97.2 cm³/mol. The topological polar surface area (TPSA) is 67.2 Å². The fraction of sp³-hybridized carbons (Fsp3) is 0.316. The van der Waals surface area contributed by atoms with Crippen LogP contribution in [0.4, 0.5) is 11.4 Å². The second-order valence-corrected chi connectivity index (χ2v) is 6.67. The first-order valence-corrected chi connectivity index (χ1v) is 8.20. The summed E-state index contributed by atoms with van der Waals surface area (Å²) in [5, 5.41) is 22.8. The second kappa shape index (κ2) is 6.64. The highest BCUT2D eigenvalue weighted by Gasteiger charge is 2.47. The standard InChI is InChI=1S/C19H23N3O3/c1-19(13-23)12-21(16-6-4-3-5-7-16)22(18(19)25)14-20(2)15-8-10-17(24)11-9-15/h3-11,23-24H,12-14H2,1-2H3. The number of aliphatic hydroxyl groups is 1. The van der Waals surface area contributed by atoms with Crippen molar-refractivity contribution in [1.29, 1.82) is 0 Å². The Morgan fingerprint density at radius 3 is 2.36 bits per heavy atom. The van der Waals surface area contributed by atoms with Gasteiger partial charge in [-0.1, -0.05) is 18.2 Å². The van der Waals surface area contributed by atoms with Gasteiger partial charge in [-0.25, -0.2) is 5.01 Å². The Hall–Kier alpha value is -2.73. The van der Waals surface area contributed by atoms with Crippen LogP contribution in [-0.2, 0) is 4.79 Å². The zero-order chi connectivity index (χ0) is 18.0. The normalized spacial score (nSPS) is 20.2. The van der Waals surface area contributed by atoms with Gasteiger partial charge in [0.1, 0.15) is 12.4 Å². The molecular formula is C19H23N3O3. The number of aliphatic hydroxyl groups excluding tert-OH is 1. The number of phenols is 1. The molecule has 25 heavy (non-hydrogen) atoms. The van der Waals surface area contributed by atoms with Crippen LogP contribution in [0, 0.1) is 5.41 Å². The third kappa shape index (κ3) is 3.25. The molecule has 0 spiro atoms. The summed E-state index contributed by atoms with van der Waals surface area (Å²) in [7, 11) is 1.89. The lowest BCUT2D eigenvalue weighted by Crippen LogP contribution is -2.46. The first-order chi connectivity index (χ1) is 11.9. The molecule has 6 nitrogen and oxygen atoms in total. The summed E-state index contributed by atoms with van der Waals surface area (Å²) in [4.78, 5) is 14.8. The fourth-order valence-electron chi connectivity index (χ4n) is 2.98. The number of carbonyl (C=O) groups excluding carboxylic acids is 1. The largest absolute Gasteiger partial charge is 0.508 e. The quantitative estimate of drug-likeness (QED) is 0.871. The van der Waals surface area contributed by atoms with E-state index in [1.165, 1.54) is 0 Å². The van der Waals surface area contributed by atoms with Gasteiger partial charge in [0, 0.05) is 12.7 Å². The lowest BCUT2D eigenvalue weighted by Gasteiger charge is -2.33. The van der Waals surface area contributed by atoms with Crippen molar-refractivity contribution in [3.05, 3.63) is 54.6 Å². The molecule has 6 heteroatoms. The van der Waals surface area contributed by atoms with Crippen molar-refractivity contribution >= 4 is 17.3 Å². The van der Waals surface area contributed by atoms with Crippen LogP contribution in [0.5, 0.6) is 5.75 Å². The highest BCUT2D eigenvalue weighted by Crippen LogP contribution is 2.34. The molecule has 3 rings (SSSR count). The van der Waals surface area contributed by atoms with Crippen LogP contribution in [0.25, 0.3) is 0 Å². The van der Waals surface area contributed by atoms with Gasteiger partial charge in [0.2, 0.25) is 0 Å². The molecule has 1 amide bonds. The Morgan fingerprint density at radius 1 is 1.12 bits per heavy atom. The number of carbonyl (C=O) groups is 1. The van der Waals surface area contributed by atoms with Crippen molar-refractivity contribution in [3.8, 4) is 5.75 Å². The average Bonchev–Trinajstić information content (AvgIpc) is 2.89. The van der Waals surface area contributed by atoms with Crippen LogP contribution < -0.4 is 9.91 Å². The molecule has 0 aliphatic carbocycles. The highest BCUT2D eigenvalue weighted by molar-refractivity contribution is 5.88. The van der Waals surface area contributed by atoms with Gasteiger partial charge >= 0.3 is 0 Å². The zero-order valence-electron chi connectivity index (χ0n) is 14.5. The minimum Gasteiger partial charge on any atom is -0.508 e. The van der Waals surface area contributed by atoms with Crippen LogP contribution in [-0.4, -0.2) is 48.0 Å². The summed E-state index contributed by atoms with van der Waals surface area (Å²) < 4.78 is 0. The number of hydrazine groups is 1. The third-order valence-corrected chi connectivity index (χ3v) is 4.58. The molecule has 0 aromatic heterocycles. The number of hydrogen-bond donors (Lipinski definition) is 2. The monoisotopic (exact) mass is 341 g/mol. The summed E-state index contributed by atoms with van der Waals surface area (Å²) in [5.74, 6) is 0.0950. The molecule has 2 N–H and O–H groups in total. The minimum atomic E-state index is -0.828. The molecular weight excluding hydrogens is 318 g/mol. The Kier molecular flexibility index (Phi) is 4.55. The number of benzene rings is 2. The van der Waals surface area contributed by atoms with Crippen molar-refractivity contribution in [1.82, 2.24) is 5.01 Å². The van der Waals surface area contributed by atoms with Crippen molar-refractivity contribution in [2.45, 2.75) is 6.92 Å². The van der Waals surface area contributed by atoms with Crippen LogP contribution in [0.3, 0.4) is 0 Å². The molecule has 132 valence electrons. The summed E-state index contributed by atoms with van der Waals surface area (Å²) in [6, 6.07) is 16.5. The summed E-state index contributed by atoms with van der Waals surface area (Å²) in [6.07, 6.45) is 0. The van der Waals surface area contributed by atoms with E-state index in [2.05, 4.69) is 0 Å². The first-order valence-electron chi connectivity index (χ1n) is 8.20. The Morgan fingerprint density at radius 2 is 1.76 bits per heavy atom. The minimum absolute atomic E-state index is 0.107. The number of nitrogens with zero attached hydrogens (tertiary/aromatic N) is 3. The molecule has 1 unspecified atom stereocenters. The molecule has 0 radical (unpaired) electrons. The molecule has 1 atom stereocenters. The Balaban J connectivity index is 1.87. The van der Waals surface area contributed by atoms with E-state index in [1.807, 2.05) is 47.3 Å². The average molecular weight is 341 g/mol. The Labute approximate surface area is 147 Å². The smallest absolute Gasteiger partial charge is 0.252 e. The number of amides is 1. The molecule has 0 bridgehead atoms. The van der Waals surface area contributed by atoms with Crippen molar-refractivity contribution in [2.75, 3.05) is 36.8 Å². The molecule has 0 saturated carbocycles. The maximum atomic E-state index is 12.9. The summed E-state index contributed by atoms with van der Waals surface area (Å²) in [6.45, 7) is 2.35. The fourth-order valence-corrected chi connectivity index (χ4v) is 2.98. The van der Waals surface area contributed by atoms with E-state index in [1.54, 1.807) is 36.2 Å². The van der Waals surface area contributed by atoms with Gasteiger partial charge in [0.15, 0.2) is 0 Å². The zero-order valence-corrected chi connectivity index (χ0v) is 14.5. The van der Waals surface area contributed by atoms with Gasteiger partial charge in [-0.2, -0.15) is 0 Å². The van der Waals surface area contributed by atoms with E-state index in [0.29, 0.717) is 13.2 Å². The molecule has 2 aromatic rings. The summed E-state index contributed by atoms with van der Waals surface area (Å²) in [5.41, 5.74) is 0.967. The van der Waals surface area contributed by atoms with Gasteiger partial charge in [0.25, 0.3) is 5.91 Å². The number of anilines is 2. The van der Waals surface area contributed by atoms with Crippen LogP contribution in [0.2, 0.25) is 0 Å². The number of hydrogen-bond acceptors (Lipinski definition) is 5. The van der Waals surface area contributed by atoms with E-state index < -0.39 is 5.41 Å². The number of phenolic OH excluding ortho intramolecular Hbond substituents is 1. The molecule has 1 aliphatic rings. The molecule has 1 heterocycles. The second-order valence-electron chi connectivity index (χ2n) is 6.67. The van der Waals surface area contributed by atoms with Gasteiger partial charge < -0.3 is 15.1 Å². The lowest BCUT2D eigenvalue weighted by molar-refractivity contribution is -0.137. The Bertz CT molecular complexity index is 735. The lowest BCUT2D eigenvalue weighted by atomic mass is 9.92. The highest BCUT2D eigenvalue weighted by atomic mass is 16.3. The number of para-hydroxylation sites is 1. The first kappa shape index (κ1) is 17.1. The molecule has 2 aromatic carbocycles. The van der Waals surface area contributed by atoms with Gasteiger partial charge in [0.05, 0.1) is 24.3 Å². The van der Waals surface area contributed by atoms with Gasteiger partial charge in [-0.05, 0) is 43.3 Å². The molecule has 1 saturated heterocycles. The SMILES string of the molecule is CN(CN1C(=O)C(C)(CO)CN1c1ccccc1)c1ccc(O)cc1. The van der Waals surface area contributed by atoms with E-state index in [9.17, 15) is 15.0 Å². The van der Waals surface area contributed by atoms with Crippen LogP contribution in [0.15, 0.2) is 54.6 Å². The maximum absolute atomic E-state index is 12.9. The van der Waals surface area contributed by atoms with Crippen molar-refractivity contribution in [2.24, 2.45) is 5.41 Å². The van der Waals surface area contributed by atoms with Crippen LogP contribution in [0.1, 0.15) is 6.92 Å². The molecule has 1 fully saturated rings. The molecule has 1 aliphatic heterocycles. The summed E-state index contributed by atoms with van der Waals surface area (Å²) >= 11 is 0. The van der Waals surface area contributed by atoms with Crippen molar-refractivity contribution < 1.29 is 15.0 Å².